The minimum atomic E-state index is -0.884. The maximum atomic E-state index is 12.4. The zero-order valence-corrected chi connectivity index (χ0v) is 26.5. The molecule has 3 atom stereocenters. The lowest BCUT2D eigenvalue weighted by Crippen LogP contribution is -2.46. The van der Waals surface area contributed by atoms with Crippen molar-refractivity contribution >= 4 is 29.1 Å². The van der Waals surface area contributed by atoms with Crippen LogP contribution in [-0.2, 0) is 31.3 Å². The molecular weight excluding hydrogens is 610 g/mol. The van der Waals surface area contributed by atoms with Crippen molar-refractivity contribution in [3.8, 4) is 0 Å². The van der Waals surface area contributed by atoms with Gasteiger partial charge in [-0.15, -0.1) is 0 Å². The highest BCUT2D eigenvalue weighted by molar-refractivity contribution is 6.30. The van der Waals surface area contributed by atoms with Gasteiger partial charge in [-0.1, -0.05) is 60.1 Å². The largest absolute Gasteiger partial charge is 0.392 e. The molecular formula is C35H42ClN3O7. The van der Waals surface area contributed by atoms with E-state index in [9.17, 15) is 19.8 Å². The number of aliphatic hydroxyl groups is 2. The molecule has 2 amide bonds. The topological polar surface area (TPSA) is 141 Å². The zero-order chi connectivity index (χ0) is 32.5. The summed E-state index contributed by atoms with van der Waals surface area (Å²) < 4.78 is 13.0. The Morgan fingerprint density at radius 1 is 0.870 bits per heavy atom. The Morgan fingerprint density at radius 3 is 2.13 bits per heavy atom. The summed E-state index contributed by atoms with van der Waals surface area (Å²) in [6.45, 7) is 2.12. The van der Waals surface area contributed by atoms with Gasteiger partial charge in [0, 0.05) is 55.2 Å². The number of hydroxylamine groups is 1. The predicted octanol–water partition coefficient (Wildman–Crippen LogP) is 5.37. The Balaban J connectivity index is 1.22. The normalized spacial score (nSPS) is 21.4. The summed E-state index contributed by atoms with van der Waals surface area (Å²) in [5, 5.41) is 33.0. The number of halogens is 1. The molecule has 3 unspecified atom stereocenters. The fraction of sp³-hybridized carbons (Fsp3) is 0.429. The highest BCUT2D eigenvalue weighted by atomic mass is 35.5. The number of amides is 2. The van der Waals surface area contributed by atoms with E-state index in [0.717, 1.165) is 35.3 Å². The van der Waals surface area contributed by atoms with E-state index in [1.54, 1.807) is 5.48 Å². The van der Waals surface area contributed by atoms with Crippen LogP contribution in [0, 0.1) is 0 Å². The third-order valence-corrected chi connectivity index (χ3v) is 9.04. The minimum Gasteiger partial charge on any atom is -0.392 e. The molecule has 11 heteroatoms. The van der Waals surface area contributed by atoms with Gasteiger partial charge < -0.3 is 29.9 Å². The van der Waals surface area contributed by atoms with Gasteiger partial charge in [0.15, 0.2) is 6.29 Å². The molecule has 0 spiro atoms. The van der Waals surface area contributed by atoms with Crippen LogP contribution in [0.15, 0.2) is 72.8 Å². The fourth-order valence-corrected chi connectivity index (χ4v) is 6.18. The Morgan fingerprint density at radius 2 is 1.50 bits per heavy atom. The van der Waals surface area contributed by atoms with E-state index in [0.29, 0.717) is 49.4 Å². The van der Waals surface area contributed by atoms with E-state index in [-0.39, 0.29) is 37.6 Å². The fourth-order valence-electron chi connectivity index (χ4n) is 6.05. The van der Waals surface area contributed by atoms with Crippen molar-refractivity contribution in [2.45, 2.75) is 75.7 Å². The number of carbonyl (C=O) groups excluding carboxylic acids is 2. The van der Waals surface area contributed by atoms with E-state index < -0.39 is 17.8 Å². The van der Waals surface area contributed by atoms with Gasteiger partial charge in [-0.25, -0.2) is 5.48 Å². The Hall–Kier alpha value is -3.35. The van der Waals surface area contributed by atoms with Gasteiger partial charge in [0.25, 0.3) is 0 Å². The first-order valence-corrected chi connectivity index (χ1v) is 16.2. The molecule has 246 valence electrons. The number of hydrogen-bond donors (Lipinski definition) is 5. The molecule has 0 aromatic heterocycles. The van der Waals surface area contributed by atoms with Crippen LogP contribution in [0.1, 0.15) is 79.6 Å². The van der Waals surface area contributed by atoms with Crippen LogP contribution in [0.4, 0.5) is 5.69 Å². The zero-order valence-electron chi connectivity index (χ0n) is 25.7. The molecule has 2 aliphatic heterocycles. The number of aliphatic hydroxyl groups excluding tert-OH is 1. The molecule has 5 N–H and O–H groups in total. The van der Waals surface area contributed by atoms with Crippen LogP contribution < -0.4 is 10.8 Å². The van der Waals surface area contributed by atoms with E-state index in [2.05, 4.69) is 10.2 Å². The minimum absolute atomic E-state index is 0.0265. The number of carbonyl (C=O) groups is 2. The quantitative estimate of drug-likeness (QED) is 0.100. The number of likely N-dealkylation sites (tertiary alicyclic amines) is 1. The van der Waals surface area contributed by atoms with Gasteiger partial charge in [0.2, 0.25) is 11.8 Å². The van der Waals surface area contributed by atoms with Crippen LogP contribution in [0.2, 0.25) is 5.02 Å². The molecule has 46 heavy (non-hydrogen) atoms. The van der Waals surface area contributed by atoms with Crippen LogP contribution in [-0.4, -0.2) is 57.9 Å². The Kier molecular flexibility index (Phi) is 11.8. The molecule has 2 aliphatic rings. The Labute approximate surface area is 274 Å². The highest BCUT2D eigenvalue weighted by Crippen LogP contribution is 2.39. The molecule has 2 saturated heterocycles. The molecule has 0 aliphatic carbocycles. The molecule has 5 rings (SSSR count). The second-order valence-corrected chi connectivity index (χ2v) is 12.5. The first kappa shape index (κ1) is 34.0. The van der Waals surface area contributed by atoms with Crippen molar-refractivity contribution in [3.05, 3.63) is 100 Å². The molecule has 2 heterocycles. The standard InChI is InChI=1S/C35H42ClN3O7/c36-28-13-11-27(12-14-28)35(43)17-19-39(20-18-35)22-30-21-31(25-7-5-24(23-40)6-8-25)46-34(45-30)26-9-15-29(16-10-26)37-32(41)3-1-2-4-33(42)38-44/h5-16,30-31,34,40,43-44H,1-4,17-23H2,(H,37,41)(H,38,42). The molecule has 3 aromatic carbocycles. The lowest BCUT2D eigenvalue weighted by Gasteiger charge is -2.42. The molecule has 10 nitrogen and oxygen atoms in total. The third-order valence-electron chi connectivity index (χ3n) is 8.79. The van der Waals surface area contributed by atoms with E-state index in [4.69, 9.17) is 26.3 Å². The van der Waals surface area contributed by atoms with Gasteiger partial charge >= 0.3 is 0 Å². The molecule has 0 bridgehead atoms. The summed E-state index contributed by atoms with van der Waals surface area (Å²) in [7, 11) is 0. The van der Waals surface area contributed by atoms with Crippen LogP contribution >= 0.6 is 11.6 Å². The van der Waals surface area contributed by atoms with Crippen LogP contribution in [0.5, 0.6) is 0 Å². The Bertz CT molecular complexity index is 1430. The summed E-state index contributed by atoms with van der Waals surface area (Å²) in [4.78, 5) is 25.8. The summed E-state index contributed by atoms with van der Waals surface area (Å²) in [6, 6.07) is 22.6. The summed E-state index contributed by atoms with van der Waals surface area (Å²) >= 11 is 6.06. The summed E-state index contributed by atoms with van der Waals surface area (Å²) in [6.07, 6.45) is 2.35. The lowest BCUT2D eigenvalue weighted by molar-refractivity contribution is -0.253. The first-order valence-electron chi connectivity index (χ1n) is 15.8. The number of ether oxygens (including phenoxy) is 2. The monoisotopic (exact) mass is 651 g/mol. The third kappa shape index (κ3) is 9.13. The number of anilines is 1. The highest BCUT2D eigenvalue weighted by Gasteiger charge is 2.37. The molecule has 0 saturated carbocycles. The van der Waals surface area contributed by atoms with Gasteiger partial charge in [-0.2, -0.15) is 0 Å². The predicted molar refractivity (Wildman–Crippen MR) is 173 cm³/mol. The smallest absolute Gasteiger partial charge is 0.243 e. The van der Waals surface area contributed by atoms with Crippen molar-refractivity contribution in [2.24, 2.45) is 0 Å². The number of nitrogens with zero attached hydrogens (tertiary/aromatic N) is 1. The van der Waals surface area contributed by atoms with Crippen LogP contribution in [0.3, 0.4) is 0 Å². The average Bonchev–Trinajstić information content (AvgIpc) is 3.08. The molecule has 2 fully saturated rings. The SMILES string of the molecule is O=C(CCCCC(=O)Nc1ccc(C2OC(CN3CCC(O)(c4ccc(Cl)cc4)CC3)CC(c3ccc(CO)cc3)O2)cc1)NO. The molecule has 3 aromatic rings. The van der Waals surface area contributed by atoms with Gasteiger partial charge in [0.05, 0.1) is 24.4 Å². The maximum absolute atomic E-state index is 12.4. The number of hydrogen-bond acceptors (Lipinski definition) is 8. The number of unbranched alkanes of at least 4 members (excludes halogenated alkanes) is 1. The van der Waals surface area contributed by atoms with E-state index in [1.165, 1.54) is 0 Å². The van der Waals surface area contributed by atoms with Gasteiger partial charge in [-0.05, 0) is 66.6 Å². The van der Waals surface area contributed by atoms with Crippen molar-refractivity contribution in [2.75, 3.05) is 25.0 Å². The number of benzene rings is 3. The van der Waals surface area contributed by atoms with Gasteiger partial charge in [-0.3, -0.25) is 14.8 Å². The van der Waals surface area contributed by atoms with Crippen LogP contribution in [0.25, 0.3) is 0 Å². The van der Waals surface area contributed by atoms with Crippen molar-refractivity contribution < 1.29 is 34.5 Å². The first-order chi connectivity index (χ1) is 22.2. The summed E-state index contributed by atoms with van der Waals surface area (Å²) in [5.74, 6) is -0.620. The second-order valence-electron chi connectivity index (χ2n) is 12.1. The average molecular weight is 652 g/mol. The second kappa shape index (κ2) is 16.0. The van der Waals surface area contributed by atoms with E-state index in [1.807, 2.05) is 72.8 Å². The number of nitrogens with one attached hydrogen (secondary N) is 2. The molecule has 0 radical (unpaired) electrons. The van der Waals surface area contributed by atoms with Crippen molar-refractivity contribution in [1.82, 2.24) is 10.4 Å². The number of rotatable bonds is 12. The van der Waals surface area contributed by atoms with Crippen molar-refractivity contribution in [3.63, 3.8) is 0 Å². The lowest BCUT2D eigenvalue weighted by atomic mass is 9.84. The van der Waals surface area contributed by atoms with Crippen molar-refractivity contribution in [1.29, 1.82) is 0 Å². The maximum Gasteiger partial charge on any atom is 0.243 e. The number of piperidine rings is 1. The summed E-state index contributed by atoms with van der Waals surface area (Å²) in [5.41, 5.74) is 4.90. The van der Waals surface area contributed by atoms with Gasteiger partial charge in [0.1, 0.15) is 0 Å². The van der Waals surface area contributed by atoms with E-state index >= 15 is 0 Å².